The molecule has 1 saturated heterocycles. The maximum Gasteiger partial charge on any atom is 0.275 e. The molecule has 1 N–H and O–H groups in total. The molecule has 0 saturated carbocycles. The summed E-state index contributed by atoms with van der Waals surface area (Å²) in [6.45, 7) is 1.93. The van der Waals surface area contributed by atoms with Crippen LogP contribution in [-0.4, -0.2) is 32.2 Å². The van der Waals surface area contributed by atoms with Gasteiger partial charge in [0, 0.05) is 43.6 Å². The van der Waals surface area contributed by atoms with E-state index in [1.165, 1.54) is 6.42 Å². The Bertz CT molecular complexity index is 1290. The van der Waals surface area contributed by atoms with E-state index < -0.39 is 0 Å². The highest BCUT2D eigenvalue weighted by molar-refractivity contribution is 6.32. The largest absolute Gasteiger partial charge is 0.341 e. The first kappa shape index (κ1) is 19.6. The normalized spacial score (nSPS) is 14.2. The smallest absolute Gasteiger partial charge is 0.275 e. The summed E-state index contributed by atoms with van der Waals surface area (Å²) in [5.41, 5.74) is 2.25. The SMILES string of the molecule is Cn1c(=O)c(-n2cccc2)cc2cc(Nc3nc(N4CCCCC4)ncc3Cl)ccc21. The predicted octanol–water partition coefficient (Wildman–Crippen LogP) is 4.51. The van der Waals surface area contributed by atoms with E-state index in [-0.39, 0.29) is 5.56 Å². The van der Waals surface area contributed by atoms with Gasteiger partial charge in [-0.15, -0.1) is 0 Å². The van der Waals surface area contributed by atoms with Crippen molar-refractivity contribution in [3.8, 4) is 5.69 Å². The van der Waals surface area contributed by atoms with Gasteiger partial charge in [0.05, 0.1) is 11.7 Å². The number of fused-ring (bicyclic) bond motifs is 1. The Hall–Kier alpha value is -3.32. The fourth-order valence-corrected chi connectivity index (χ4v) is 4.19. The number of anilines is 3. The van der Waals surface area contributed by atoms with Gasteiger partial charge in [-0.05, 0) is 55.7 Å². The molecule has 0 amide bonds. The zero-order valence-corrected chi connectivity index (χ0v) is 18.0. The topological polar surface area (TPSA) is 68.0 Å². The lowest BCUT2D eigenvalue weighted by Gasteiger charge is -2.26. The Balaban J connectivity index is 1.51. The molecule has 5 rings (SSSR count). The first-order valence-electron chi connectivity index (χ1n) is 10.4. The summed E-state index contributed by atoms with van der Waals surface area (Å²) in [4.78, 5) is 24.1. The van der Waals surface area contributed by atoms with Crippen LogP contribution in [0.15, 0.2) is 59.8 Å². The second-order valence-electron chi connectivity index (χ2n) is 7.80. The lowest BCUT2D eigenvalue weighted by atomic mass is 10.1. The van der Waals surface area contributed by atoms with Gasteiger partial charge in [0.25, 0.3) is 5.56 Å². The molecule has 1 fully saturated rings. The highest BCUT2D eigenvalue weighted by Gasteiger charge is 2.16. The summed E-state index contributed by atoms with van der Waals surface area (Å²) in [6, 6.07) is 11.6. The zero-order valence-electron chi connectivity index (χ0n) is 17.3. The van der Waals surface area contributed by atoms with Gasteiger partial charge < -0.3 is 19.4 Å². The molecular formula is C23H23ClN6O. The average molecular weight is 435 g/mol. The fraction of sp³-hybridized carbons (Fsp3) is 0.261. The lowest BCUT2D eigenvalue weighted by molar-refractivity contribution is 0.568. The maximum atomic E-state index is 12.8. The Morgan fingerprint density at radius 3 is 2.61 bits per heavy atom. The van der Waals surface area contributed by atoms with E-state index in [2.05, 4.69) is 20.2 Å². The van der Waals surface area contributed by atoms with Gasteiger partial charge in [0.1, 0.15) is 10.7 Å². The van der Waals surface area contributed by atoms with Crippen molar-refractivity contribution in [2.45, 2.75) is 19.3 Å². The number of nitrogens with one attached hydrogen (secondary N) is 1. The molecule has 0 radical (unpaired) electrons. The molecule has 3 aromatic heterocycles. The molecule has 8 heteroatoms. The number of benzene rings is 1. The first-order valence-corrected chi connectivity index (χ1v) is 10.8. The van der Waals surface area contributed by atoms with Crippen LogP contribution in [0.5, 0.6) is 0 Å². The molecule has 4 heterocycles. The molecule has 1 aliphatic rings. The zero-order chi connectivity index (χ0) is 21.4. The Kier molecular flexibility index (Phi) is 5.11. The number of piperidine rings is 1. The van der Waals surface area contributed by atoms with Crippen molar-refractivity contribution in [3.05, 3.63) is 70.4 Å². The van der Waals surface area contributed by atoms with Crippen molar-refractivity contribution in [1.82, 2.24) is 19.1 Å². The van der Waals surface area contributed by atoms with E-state index in [0.29, 0.717) is 22.5 Å². The molecular weight excluding hydrogens is 412 g/mol. The highest BCUT2D eigenvalue weighted by Crippen LogP contribution is 2.28. The summed E-state index contributed by atoms with van der Waals surface area (Å²) in [5, 5.41) is 4.74. The van der Waals surface area contributed by atoms with Crippen LogP contribution in [0, 0.1) is 0 Å². The van der Waals surface area contributed by atoms with E-state index in [9.17, 15) is 4.79 Å². The third-order valence-electron chi connectivity index (χ3n) is 5.72. The molecule has 0 unspecified atom stereocenters. The molecule has 1 aliphatic heterocycles. The van der Waals surface area contributed by atoms with E-state index in [0.717, 1.165) is 42.5 Å². The molecule has 0 aliphatic carbocycles. The predicted molar refractivity (Wildman–Crippen MR) is 125 cm³/mol. The molecule has 0 bridgehead atoms. The van der Waals surface area contributed by atoms with Crippen molar-refractivity contribution in [3.63, 3.8) is 0 Å². The quantitative estimate of drug-likeness (QED) is 0.512. The second kappa shape index (κ2) is 8.07. The number of hydrogen-bond acceptors (Lipinski definition) is 5. The minimum absolute atomic E-state index is 0.0468. The minimum atomic E-state index is -0.0468. The molecule has 4 aromatic rings. The molecule has 7 nitrogen and oxygen atoms in total. The van der Waals surface area contributed by atoms with Gasteiger partial charge in [0.15, 0.2) is 5.82 Å². The van der Waals surface area contributed by atoms with Crippen molar-refractivity contribution in [1.29, 1.82) is 0 Å². The lowest BCUT2D eigenvalue weighted by Crippen LogP contribution is -2.31. The van der Waals surface area contributed by atoms with E-state index in [1.54, 1.807) is 17.8 Å². The van der Waals surface area contributed by atoms with Crippen molar-refractivity contribution in [2.24, 2.45) is 7.05 Å². The minimum Gasteiger partial charge on any atom is -0.341 e. The van der Waals surface area contributed by atoms with Crippen LogP contribution < -0.4 is 15.8 Å². The van der Waals surface area contributed by atoms with Gasteiger partial charge >= 0.3 is 0 Å². The number of aromatic nitrogens is 4. The summed E-state index contributed by atoms with van der Waals surface area (Å²) in [6.07, 6.45) is 8.94. The summed E-state index contributed by atoms with van der Waals surface area (Å²) in [7, 11) is 1.79. The summed E-state index contributed by atoms with van der Waals surface area (Å²) < 4.78 is 3.49. The number of nitrogens with zero attached hydrogens (tertiary/aromatic N) is 5. The van der Waals surface area contributed by atoms with Crippen LogP contribution in [0.4, 0.5) is 17.5 Å². The van der Waals surface area contributed by atoms with Crippen LogP contribution >= 0.6 is 11.6 Å². The Morgan fingerprint density at radius 1 is 1.06 bits per heavy atom. The van der Waals surface area contributed by atoms with Crippen LogP contribution in [0.3, 0.4) is 0 Å². The third kappa shape index (κ3) is 3.77. The van der Waals surface area contributed by atoms with Crippen LogP contribution in [0.1, 0.15) is 19.3 Å². The molecule has 0 spiro atoms. The summed E-state index contributed by atoms with van der Waals surface area (Å²) in [5.74, 6) is 1.27. The van der Waals surface area contributed by atoms with Gasteiger partial charge in [0.2, 0.25) is 5.95 Å². The number of halogens is 1. The monoisotopic (exact) mass is 434 g/mol. The molecule has 1 aromatic carbocycles. The number of hydrogen-bond donors (Lipinski definition) is 1. The van der Waals surface area contributed by atoms with Crippen LogP contribution in [-0.2, 0) is 7.05 Å². The molecule has 31 heavy (non-hydrogen) atoms. The van der Waals surface area contributed by atoms with Gasteiger partial charge in [-0.1, -0.05) is 11.6 Å². The van der Waals surface area contributed by atoms with Crippen LogP contribution in [0.2, 0.25) is 5.02 Å². The van der Waals surface area contributed by atoms with E-state index >= 15 is 0 Å². The first-order chi connectivity index (χ1) is 15.1. The van der Waals surface area contributed by atoms with Crippen molar-refractivity contribution in [2.75, 3.05) is 23.3 Å². The third-order valence-corrected chi connectivity index (χ3v) is 6.00. The van der Waals surface area contributed by atoms with E-state index in [4.69, 9.17) is 11.6 Å². The average Bonchev–Trinajstić information content (AvgIpc) is 3.33. The second-order valence-corrected chi connectivity index (χ2v) is 8.20. The number of aryl methyl sites for hydroxylation is 1. The van der Waals surface area contributed by atoms with Gasteiger partial charge in [-0.25, -0.2) is 4.98 Å². The number of pyridine rings is 1. The van der Waals surface area contributed by atoms with E-state index in [1.807, 2.05) is 53.4 Å². The van der Waals surface area contributed by atoms with Crippen molar-refractivity contribution < 1.29 is 0 Å². The van der Waals surface area contributed by atoms with Crippen molar-refractivity contribution >= 4 is 40.0 Å². The summed E-state index contributed by atoms with van der Waals surface area (Å²) >= 11 is 6.39. The Labute approximate surface area is 184 Å². The van der Waals surface area contributed by atoms with Crippen LogP contribution in [0.25, 0.3) is 16.6 Å². The molecule has 158 valence electrons. The fourth-order valence-electron chi connectivity index (χ4n) is 4.05. The highest BCUT2D eigenvalue weighted by atomic mass is 35.5. The number of rotatable bonds is 4. The Morgan fingerprint density at radius 2 is 1.84 bits per heavy atom. The van der Waals surface area contributed by atoms with Gasteiger partial charge in [-0.3, -0.25) is 4.79 Å². The maximum absolute atomic E-state index is 12.8. The van der Waals surface area contributed by atoms with Gasteiger partial charge in [-0.2, -0.15) is 4.98 Å². The molecule has 0 atom stereocenters. The standard InChI is InChI=1S/C23H23ClN6O/c1-28-19-8-7-17(13-16(19)14-20(22(28)31)29-9-5-6-10-29)26-21-18(24)15-25-23(27-21)30-11-3-2-4-12-30/h5-10,13-15H,2-4,11-12H2,1H3,(H,25,26,27).